The molecular weight excluding hydrogens is 365 g/mol. The highest BCUT2D eigenvalue weighted by Gasteiger charge is 2.18. The molecule has 2 aromatic heterocycles. The van der Waals surface area contributed by atoms with Crippen LogP contribution in [0.15, 0.2) is 47.1 Å². The highest BCUT2D eigenvalue weighted by atomic mass is 19.1. The van der Waals surface area contributed by atoms with Crippen LogP contribution in [0.5, 0.6) is 5.75 Å². The van der Waals surface area contributed by atoms with Gasteiger partial charge in [0.05, 0.1) is 7.11 Å². The standard InChI is InChI=1S/C19H18FN5O3/c1-5-13(22-16(20)6-11(2)18-24-21-10-25(18)3)19-23-14-7-12(9-26)8-15(27-4)17(14)28-19/h5,7-10,16H,1-2,6H2,3-4H3/b22-13+. The van der Waals surface area contributed by atoms with Crippen LogP contribution in [0.2, 0.25) is 0 Å². The lowest BCUT2D eigenvalue weighted by atomic mass is 10.2. The van der Waals surface area contributed by atoms with Gasteiger partial charge in [0.25, 0.3) is 0 Å². The Balaban J connectivity index is 1.89. The number of aldehydes is 1. The fraction of sp³-hybridized carbons (Fsp3) is 0.211. The molecule has 9 heteroatoms. The topological polar surface area (TPSA) is 95.4 Å². The molecule has 3 rings (SSSR count). The van der Waals surface area contributed by atoms with E-state index in [9.17, 15) is 9.18 Å². The summed E-state index contributed by atoms with van der Waals surface area (Å²) in [4.78, 5) is 19.3. The summed E-state index contributed by atoms with van der Waals surface area (Å²) in [5.74, 6) is 0.887. The number of halogens is 1. The minimum Gasteiger partial charge on any atom is -0.493 e. The number of carbonyl (C=O) groups excluding carboxylic acids is 1. The Hall–Kier alpha value is -3.62. The van der Waals surface area contributed by atoms with E-state index in [-0.39, 0.29) is 18.0 Å². The smallest absolute Gasteiger partial charge is 0.246 e. The monoisotopic (exact) mass is 383 g/mol. The molecule has 0 aliphatic heterocycles. The van der Waals surface area contributed by atoms with Crippen molar-refractivity contribution in [3.8, 4) is 5.75 Å². The number of benzene rings is 1. The Bertz CT molecular complexity index is 1080. The van der Waals surface area contributed by atoms with Gasteiger partial charge in [-0.2, -0.15) is 0 Å². The van der Waals surface area contributed by atoms with E-state index in [2.05, 4.69) is 33.3 Å². The van der Waals surface area contributed by atoms with Crippen molar-refractivity contribution in [2.75, 3.05) is 7.11 Å². The molecule has 2 heterocycles. The fourth-order valence-electron chi connectivity index (χ4n) is 2.64. The van der Waals surface area contributed by atoms with Crippen LogP contribution < -0.4 is 4.74 Å². The minimum atomic E-state index is -1.61. The molecular formula is C19H18FN5O3. The van der Waals surface area contributed by atoms with E-state index in [1.807, 2.05) is 0 Å². The molecule has 0 spiro atoms. The first-order chi connectivity index (χ1) is 13.5. The van der Waals surface area contributed by atoms with E-state index in [4.69, 9.17) is 9.15 Å². The molecule has 0 bridgehead atoms. The summed E-state index contributed by atoms with van der Waals surface area (Å²) < 4.78 is 27.1. The Morgan fingerprint density at radius 2 is 2.29 bits per heavy atom. The number of aliphatic imine (C=N–C) groups is 1. The second-order valence-electron chi connectivity index (χ2n) is 5.93. The first-order valence-electron chi connectivity index (χ1n) is 8.27. The number of aromatic nitrogens is 4. The van der Waals surface area contributed by atoms with Gasteiger partial charge in [0, 0.05) is 19.0 Å². The van der Waals surface area contributed by atoms with Gasteiger partial charge in [0.15, 0.2) is 23.5 Å². The molecule has 0 aliphatic rings. The van der Waals surface area contributed by atoms with Crippen molar-refractivity contribution in [3.05, 3.63) is 55.0 Å². The number of ether oxygens (including phenoxy) is 1. The van der Waals surface area contributed by atoms with Crippen molar-refractivity contribution in [2.24, 2.45) is 12.0 Å². The summed E-state index contributed by atoms with van der Waals surface area (Å²) in [6.07, 6.45) is 1.83. The number of hydrogen-bond acceptors (Lipinski definition) is 7. The van der Waals surface area contributed by atoms with Gasteiger partial charge in [-0.3, -0.25) is 4.79 Å². The number of methoxy groups -OCH3 is 1. The average molecular weight is 383 g/mol. The molecule has 0 fully saturated rings. The van der Waals surface area contributed by atoms with E-state index in [1.54, 1.807) is 17.7 Å². The highest BCUT2D eigenvalue weighted by Crippen LogP contribution is 2.28. The molecule has 8 nitrogen and oxygen atoms in total. The lowest BCUT2D eigenvalue weighted by Crippen LogP contribution is -2.06. The van der Waals surface area contributed by atoms with E-state index in [0.717, 1.165) is 0 Å². The molecule has 0 amide bonds. The predicted octanol–water partition coefficient (Wildman–Crippen LogP) is 3.15. The molecule has 0 saturated heterocycles. The number of aryl methyl sites for hydroxylation is 1. The molecule has 0 N–H and O–H groups in total. The molecule has 144 valence electrons. The number of alkyl halides is 1. The minimum absolute atomic E-state index is 0.0678. The van der Waals surface area contributed by atoms with Crippen LogP contribution in [-0.4, -0.2) is 45.2 Å². The molecule has 1 unspecified atom stereocenters. The van der Waals surface area contributed by atoms with Crippen molar-refractivity contribution in [2.45, 2.75) is 12.7 Å². The number of nitrogens with zero attached hydrogens (tertiary/aromatic N) is 5. The summed E-state index contributed by atoms with van der Waals surface area (Å²) in [5.41, 5.74) is 1.68. The van der Waals surface area contributed by atoms with Gasteiger partial charge in [-0.25, -0.2) is 14.4 Å². The third-order valence-corrected chi connectivity index (χ3v) is 3.97. The zero-order valence-corrected chi connectivity index (χ0v) is 15.4. The first-order valence-corrected chi connectivity index (χ1v) is 8.27. The molecule has 1 atom stereocenters. The van der Waals surface area contributed by atoms with Crippen LogP contribution in [0.4, 0.5) is 4.39 Å². The largest absolute Gasteiger partial charge is 0.493 e. The normalized spacial score (nSPS) is 12.8. The van der Waals surface area contributed by atoms with Crippen LogP contribution in [0.1, 0.15) is 28.5 Å². The second-order valence-corrected chi connectivity index (χ2v) is 5.93. The molecule has 3 aromatic rings. The summed E-state index contributed by atoms with van der Waals surface area (Å²) in [6.45, 7) is 7.48. The van der Waals surface area contributed by atoms with Crippen LogP contribution >= 0.6 is 0 Å². The zero-order valence-electron chi connectivity index (χ0n) is 15.4. The Morgan fingerprint density at radius 3 is 2.89 bits per heavy atom. The van der Waals surface area contributed by atoms with Gasteiger partial charge >= 0.3 is 0 Å². The lowest BCUT2D eigenvalue weighted by molar-refractivity contribution is 0.112. The number of hydrogen-bond donors (Lipinski definition) is 0. The fourth-order valence-corrected chi connectivity index (χ4v) is 2.64. The van der Waals surface area contributed by atoms with Crippen molar-refractivity contribution in [3.63, 3.8) is 0 Å². The van der Waals surface area contributed by atoms with Gasteiger partial charge in [0.1, 0.15) is 23.8 Å². The number of fused-ring (bicyclic) bond motifs is 1. The van der Waals surface area contributed by atoms with Crippen LogP contribution in [0, 0.1) is 0 Å². The summed E-state index contributed by atoms with van der Waals surface area (Å²) in [6, 6.07) is 3.07. The van der Waals surface area contributed by atoms with E-state index >= 15 is 0 Å². The molecule has 28 heavy (non-hydrogen) atoms. The number of oxazole rings is 1. The number of allylic oxidation sites excluding steroid dienone is 1. The quantitative estimate of drug-likeness (QED) is 0.337. The summed E-state index contributed by atoms with van der Waals surface area (Å²) >= 11 is 0. The molecule has 0 aliphatic carbocycles. The Morgan fingerprint density at radius 1 is 1.50 bits per heavy atom. The van der Waals surface area contributed by atoms with Crippen LogP contribution in [-0.2, 0) is 7.05 Å². The summed E-state index contributed by atoms with van der Waals surface area (Å²) in [7, 11) is 3.19. The van der Waals surface area contributed by atoms with Crippen molar-refractivity contribution < 1.29 is 18.3 Å². The first kappa shape index (κ1) is 19.2. The van der Waals surface area contributed by atoms with Gasteiger partial charge in [-0.05, 0) is 23.8 Å². The Labute approximate surface area is 160 Å². The average Bonchev–Trinajstić information content (AvgIpc) is 3.30. The lowest BCUT2D eigenvalue weighted by Gasteiger charge is -2.07. The van der Waals surface area contributed by atoms with E-state index in [1.165, 1.54) is 25.6 Å². The number of rotatable bonds is 8. The Kier molecular flexibility index (Phi) is 5.44. The van der Waals surface area contributed by atoms with Crippen molar-refractivity contribution in [1.29, 1.82) is 0 Å². The molecule has 0 radical (unpaired) electrons. The van der Waals surface area contributed by atoms with Gasteiger partial charge < -0.3 is 13.7 Å². The highest BCUT2D eigenvalue weighted by molar-refractivity contribution is 6.06. The molecule has 1 aromatic carbocycles. The number of carbonyl (C=O) groups is 1. The van der Waals surface area contributed by atoms with Crippen LogP contribution in [0.25, 0.3) is 16.7 Å². The predicted molar refractivity (Wildman–Crippen MR) is 102 cm³/mol. The third kappa shape index (κ3) is 3.73. The SMILES string of the molecule is C=C/C(=N\C(F)CC(=C)c1nncn1C)c1nc2cc(C=O)cc(OC)c2o1. The summed E-state index contributed by atoms with van der Waals surface area (Å²) in [5, 5.41) is 7.64. The third-order valence-electron chi connectivity index (χ3n) is 3.97. The second kappa shape index (κ2) is 7.95. The molecule has 0 saturated carbocycles. The van der Waals surface area contributed by atoms with E-state index in [0.29, 0.717) is 40.1 Å². The van der Waals surface area contributed by atoms with Gasteiger partial charge in [-0.15, -0.1) is 10.2 Å². The maximum absolute atomic E-state index is 14.5. The van der Waals surface area contributed by atoms with Crippen molar-refractivity contribution in [1.82, 2.24) is 19.7 Å². The van der Waals surface area contributed by atoms with Crippen molar-refractivity contribution >= 4 is 28.7 Å². The maximum atomic E-state index is 14.5. The maximum Gasteiger partial charge on any atom is 0.246 e. The van der Waals surface area contributed by atoms with E-state index < -0.39 is 6.30 Å². The zero-order chi connectivity index (χ0) is 20.3. The van der Waals surface area contributed by atoms with Gasteiger partial charge in [-0.1, -0.05) is 13.2 Å². The van der Waals surface area contributed by atoms with Crippen LogP contribution in [0.3, 0.4) is 0 Å². The van der Waals surface area contributed by atoms with Gasteiger partial charge in [0.2, 0.25) is 5.89 Å².